The van der Waals surface area contributed by atoms with Crippen molar-refractivity contribution in [3.05, 3.63) is 58.4 Å². The summed E-state index contributed by atoms with van der Waals surface area (Å²) in [4.78, 5) is 12.3. The molecule has 2 rings (SSSR count). The van der Waals surface area contributed by atoms with Gasteiger partial charge in [0.05, 0.1) is 24.8 Å². The highest BCUT2D eigenvalue weighted by Gasteiger charge is 2.17. The number of hydrogen-bond acceptors (Lipinski definition) is 3. The molecule has 2 aromatic rings. The molecule has 2 aromatic carbocycles. The second kappa shape index (κ2) is 5.92. The normalized spacial score (nSPS) is 10.2. The second-order valence-corrected chi connectivity index (χ2v) is 4.41. The van der Waals surface area contributed by atoms with Crippen LogP contribution in [0.15, 0.2) is 36.4 Å². The number of carbonyl (C=O) groups excluding carboxylic acids is 1. The van der Waals surface area contributed by atoms with E-state index in [1.165, 1.54) is 38.5 Å². The van der Waals surface area contributed by atoms with E-state index < -0.39 is 11.6 Å². The first-order chi connectivity index (χ1) is 9.58. The Morgan fingerprint density at radius 1 is 1.10 bits per heavy atom. The highest BCUT2D eigenvalue weighted by molar-refractivity contribution is 6.31. The van der Waals surface area contributed by atoms with E-state index in [9.17, 15) is 9.18 Å². The van der Waals surface area contributed by atoms with Gasteiger partial charge in [-0.25, -0.2) is 4.39 Å². The van der Waals surface area contributed by atoms with E-state index in [0.717, 1.165) is 0 Å². The minimum Gasteiger partial charge on any atom is -0.493 e. The van der Waals surface area contributed by atoms with Crippen LogP contribution in [0.5, 0.6) is 11.5 Å². The molecule has 0 saturated heterocycles. The third-order valence-corrected chi connectivity index (χ3v) is 3.13. The molecule has 3 nitrogen and oxygen atoms in total. The van der Waals surface area contributed by atoms with Gasteiger partial charge in [0, 0.05) is 5.56 Å². The predicted octanol–water partition coefficient (Wildman–Crippen LogP) is 3.73. The molecule has 0 aromatic heterocycles. The van der Waals surface area contributed by atoms with Crippen LogP contribution < -0.4 is 9.47 Å². The molecule has 0 unspecified atom stereocenters. The van der Waals surface area contributed by atoms with Crippen molar-refractivity contribution >= 4 is 17.4 Å². The fraction of sp³-hybridized carbons (Fsp3) is 0.133. The molecular formula is C15H12ClFO3. The molecule has 0 aliphatic heterocycles. The zero-order valence-electron chi connectivity index (χ0n) is 10.9. The van der Waals surface area contributed by atoms with E-state index in [-0.39, 0.29) is 10.6 Å². The van der Waals surface area contributed by atoms with Gasteiger partial charge in [0.1, 0.15) is 0 Å². The topological polar surface area (TPSA) is 35.5 Å². The van der Waals surface area contributed by atoms with E-state index in [1.54, 1.807) is 12.1 Å². The summed E-state index contributed by atoms with van der Waals surface area (Å²) < 4.78 is 24.1. The first kappa shape index (κ1) is 14.3. The molecule has 0 spiro atoms. The fourth-order valence-corrected chi connectivity index (χ4v) is 1.99. The minimum absolute atomic E-state index is 0.0790. The lowest BCUT2D eigenvalue weighted by atomic mass is 10.0. The maximum Gasteiger partial charge on any atom is 0.196 e. The Labute approximate surface area is 120 Å². The highest BCUT2D eigenvalue weighted by Crippen LogP contribution is 2.29. The molecule has 0 radical (unpaired) electrons. The molecule has 0 bridgehead atoms. The largest absolute Gasteiger partial charge is 0.493 e. The molecule has 0 aliphatic rings. The minimum atomic E-state index is -0.728. The van der Waals surface area contributed by atoms with Crippen molar-refractivity contribution in [1.29, 1.82) is 0 Å². The first-order valence-corrected chi connectivity index (χ1v) is 6.17. The summed E-state index contributed by atoms with van der Waals surface area (Å²) in [5.41, 5.74) is 0.216. The number of hydrogen-bond donors (Lipinski definition) is 0. The van der Waals surface area contributed by atoms with Crippen LogP contribution in [0.1, 0.15) is 15.9 Å². The summed E-state index contributed by atoms with van der Waals surface area (Å²) in [6.45, 7) is 0. The summed E-state index contributed by atoms with van der Waals surface area (Å²) in [6.07, 6.45) is 0. The van der Waals surface area contributed by atoms with Gasteiger partial charge in [-0.2, -0.15) is 0 Å². The Morgan fingerprint density at radius 3 is 2.45 bits per heavy atom. The first-order valence-electron chi connectivity index (χ1n) is 5.79. The van der Waals surface area contributed by atoms with Crippen LogP contribution >= 0.6 is 11.6 Å². The Morgan fingerprint density at radius 2 is 1.80 bits per heavy atom. The van der Waals surface area contributed by atoms with E-state index in [0.29, 0.717) is 17.1 Å². The van der Waals surface area contributed by atoms with Crippen LogP contribution in [0.25, 0.3) is 0 Å². The lowest BCUT2D eigenvalue weighted by Gasteiger charge is -2.09. The number of halogens is 2. The summed E-state index contributed by atoms with van der Waals surface area (Å²) in [6, 6.07) is 8.95. The van der Waals surface area contributed by atoms with Crippen molar-refractivity contribution in [3.8, 4) is 11.5 Å². The third kappa shape index (κ3) is 2.60. The van der Waals surface area contributed by atoms with Crippen LogP contribution in [0.3, 0.4) is 0 Å². The number of ether oxygens (including phenoxy) is 2. The van der Waals surface area contributed by atoms with Crippen molar-refractivity contribution in [2.75, 3.05) is 14.2 Å². The molecule has 0 saturated carbocycles. The number of methoxy groups -OCH3 is 2. The van der Waals surface area contributed by atoms with Gasteiger partial charge in [0.25, 0.3) is 0 Å². The third-order valence-electron chi connectivity index (χ3n) is 2.84. The van der Waals surface area contributed by atoms with Crippen molar-refractivity contribution in [2.24, 2.45) is 0 Å². The number of benzene rings is 2. The highest BCUT2D eigenvalue weighted by atomic mass is 35.5. The maximum atomic E-state index is 13.9. The van der Waals surface area contributed by atoms with E-state index in [1.807, 2.05) is 0 Å². The molecule has 0 fully saturated rings. The van der Waals surface area contributed by atoms with Crippen LogP contribution in [0.4, 0.5) is 4.39 Å². The number of rotatable bonds is 4. The van der Waals surface area contributed by atoms with Gasteiger partial charge in [-0.15, -0.1) is 0 Å². The molecule has 104 valence electrons. The van der Waals surface area contributed by atoms with Gasteiger partial charge in [-0.05, 0) is 30.3 Å². The van der Waals surface area contributed by atoms with Gasteiger partial charge in [-0.1, -0.05) is 17.7 Å². The summed E-state index contributed by atoms with van der Waals surface area (Å²) in [5.74, 6) is -0.295. The molecule has 5 heteroatoms. The second-order valence-electron chi connectivity index (χ2n) is 4.00. The van der Waals surface area contributed by atoms with E-state index in [2.05, 4.69) is 0 Å². The Bertz CT molecular complexity index is 656. The zero-order chi connectivity index (χ0) is 14.7. The van der Waals surface area contributed by atoms with Gasteiger partial charge in [-0.3, -0.25) is 4.79 Å². The van der Waals surface area contributed by atoms with Crippen LogP contribution in [-0.2, 0) is 0 Å². The van der Waals surface area contributed by atoms with E-state index in [4.69, 9.17) is 21.1 Å². The molecular weight excluding hydrogens is 283 g/mol. The average Bonchev–Trinajstić information content (AvgIpc) is 2.48. The van der Waals surface area contributed by atoms with Crippen LogP contribution in [-0.4, -0.2) is 20.0 Å². The lowest BCUT2D eigenvalue weighted by molar-refractivity contribution is 0.103. The van der Waals surface area contributed by atoms with Gasteiger partial charge in [0.2, 0.25) is 0 Å². The molecule has 0 amide bonds. The molecule has 20 heavy (non-hydrogen) atoms. The van der Waals surface area contributed by atoms with Gasteiger partial charge >= 0.3 is 0 Å². The molecule has 0 aliphatic carbocycles. The van der Waals surface area contributed by atoms with Crippen molar-refractivity contribution < 1.29 is 18.7 Å². The summed E-state index contributed by atoms with van der Waals surface area (Å²) in [7, 11) is 2.96. The van der Waals surface area contributed by atoms with Gasteiger partial charge in [0.15, 0.2) is 23.1 Å². The number of ketones is 1. The van der Waals surface area contributed by atoms with Crippen molar-refractivity contribution in [2.45, 2.75) is 0 Å². The standard InChI is InChI=1S/C15H12ClFO3/c1-19-12-7-6-9(8-13(12)20-2)15(18)10-4-3-5-11(16)14(10)17/h3-8H,1-2H3. The van der Waals surface area contributed by atoms with Crippen molar-refractivity contribution in [3.63, 3.8) is 0 Å². The Kier molecular flexibility index (Phi) is 4.25. The monoisotopic (exact) mass is 294 g/mol. The van der Waals surface area contributed by atoms with Crippen LogP contribution in [0.2, 0.25) is 5.02 Å². The molecule has 0 heterocycles. The summed E-state index contributed by atoms with van der Waals surface area (Å²) >= 11 is 5.68. The van der Waals surface area contributed by atoms with Gasteiger partial charge < -0.3 is 9.47 Å². The Hall–Kier alpha value is -2.07. The predicted molar refractivity (Wildman–Crippen MR) is 74.4 cm³/mol. The van der Waals surface area contributed by atoms with E-state index >= 15 is 0 Å². The lowest BCUT2D eigenvalue weighted by Crippen LogP contribution is -2.05. The number of carbonyl (C=O) groups is 1. The molecule has 0 atom stereocenters. The maximum absolute atomic E-state index is 13.9. The molecule has 0 N–H and O–H groups in total. The fourth-order valence-electron chi connectivity index (χ4n) is 1.81. The zero-order valence-corrected chi connectivity index (χ0v) is 11.7. The Balaban J connectivity index is 2.46. The van der Waals surface area contributed by atoms with Crippen LogP contribution in [0, 0.1) is 5.82 Å². The summed E-state index contributed by atoms with van der Waals surface area (Å²) in [5, 5.41) is -0.0867. The van der Waals surface area contributed by atoms with Crippen molar-refractivity contribution in [1.82, 2.24) is 0 Å². The quantitative estimate of drug-likeness (QED) is 0.806. The SMILES string of the molecule is COc1ccc(C(=O)c2cccc(Cl)c2F)cc1OC. The average molecular weight is 295 g/mol. The smallest absolute Gasteiger partial charge is 0.196 e.